The molecule has 0 nitrogen and oxygen atoms in total. The Labute approximate surface area is 213 Å². The molecule has 0 saturated carbocycles. The average molecular weight is 461 g/mol. The summed E-state index contributed by atoms with van der Waals surface area (Å²) < 4.78 is 0. The van der Waals surface area contributed by atoms with Crippen LogP contribution < -0.4 is 0 Å². The van der Waals surface area contributed by atoms with Crippen molar-refractivity contribution >= 4 is 0 Å². The van der Waals surface area contributed by atoms with Crippen LogP contribution in [0.1, 0.15) is 87.5 Å². The number of benzene rings is 4. The van der Waals surface area contributed by atoms with Crippen LogP contribution in [-0.4, -0.2) is 0 Å². The van der Waals surface area contributed by atoms with Crippen LogP contribution in [0, 0.1) is 0 Å². The standard InChI is InChI=1S/C25H18.C10H22/c1-3-11-19(12-4-1)25(20-13-5-2-6-14-20)23-17-9-7-15-21(23)22-16-8-10-18-24(22)25;1-3-5-7-9-10-8-6-4-2/h1-18H;3-10H2,1-2H3. The quantitative estimate of drug-likeness (QED) is 0.192. The number of rotatable bonds is 9. The van der Waals surface area contributed by atoms with Crippen LogP contribution in [0.2, 0.25) is 0 Å². The molecule has 4 aromatic carbocycles. The highest BCUT2D eigenvalue weighted by Crippen LogP contribution is 2.55. The summed E-state index contributed by atoms with van der Waals surface area (Å²) in [5.41, 5.74) is 7.80. The third-order valence-corrected chi connectivity index (χ3v) is 7.32. The van der Waals surface area contributed by atoms with Gasteiger partial charge in [0.15, 0.2) is 0 Å². The Morgan fingerprint density at radius 2 is 0.743 bits per heavy atom. The Morgan fingerprint density at radius 1 is 0.400 bits per heavy atom. The molecule has 0 heteroatoms. The molecule has 35 heavy (non-hydrogen) atoms. The first-order chi connectivity index (χ1) is 17.3. The first-order valence-electron chi connectivity index (χ1n) is 13.6. The summed E-state index contributed by atoms with van der Waals surface area (Å²) in [6.45, 7) is 4.54. The Bertz CT molecular complexity index is 1060. The maximum absolute atomic E-state index is 2.29. The van der Waals surface area contributed by atoms with E-state index in [4.69, 9.17) is 0 Å². The lowest BCUT2D eigenvalue weighted by Gasteiger charge is -2.33. The van der Waals surface area contributed by atoms with Gasteiger partial charge in [0, 0.05) is 0 Å². The van der Waals surface area contributed by atoms with Gasteiger partial charge < -0.3 is 0 Å². The fourth-order valence-electron chi connectivity index (χ4n) is 5.61. The average Bonchev–Trinajstić information content (AvgIpc) is 3.23. The van der Waals surface area contributed by atoms with Gasteiger partial charge in [0.1, 0.15) is 0 Å². The second kappa shape index (κ2) is 12.5. The molecule has 0 radical (unpaired) electrons. The van der Waals surface area contributed by atoms with E-state index in [1.807, 2.05) is 0 Å². The molecule has 0 aliphatic heterocycles. The summed E-state index contributed by atoms with van der Waals surface area (Å²) in [5, 5.41) is 0. The molecular formula is C35H40. The van der Waals surface area contributed by atoms with Crippen LogP contribution >= 0.6 is 0 Å². The summed E-state index contributed by atoms with van der Waals surface area (Å²) in [4.78, 5) is 0. The van der Waals surface area contributed by atoms with Gasteiger partial charge in [-0.25, -0.2) is 0 Å². The van der Waals surface area contributed by atoms with Gasteiger partial charge >= 0.3 is 0 Å². The van der Waals surface area contributed by atoms with Crippen molar-refractivity contribution in [1.29, 1.82) is 0 Å². The van der Waals surface area contributed by atoms with Crippen molar-refractivity contribution in [3.63, 3.8) is 0 Å². The van der Waals surface area contributed by atoms with E-state index in [0.29, 0.717) is 0 Å². The topological polar surface area (TPSA) is 0 Å². The summed E-state index contributed by atoms with van der Waals surface area (Å²) in [5.74, 6) is 0. The Kier molecular flexibility index (Phi) is 8.96. The summed E-state index contributed by atoms with van der Waals surface area (Å²) in [6.07, 6.45) is 11.5. The predicted octanol–water partition coefficient (Wildman–Crippen LogP) is 10.2. The van der Waals surface area contributed by atoms with Gasteiger partial charge in [-0.05, 0) is 33.4 Å². The van der Waals surface area contributed by atoms with Gasteiger partial charge in [-0.3, -0.25) is 0 Å². The minimum atomic E-state index is -0.254. The first-order valence-corrected chi connectivity index (χ1v) is 13.6. The number of hydrogen-bond acceptors (Lipinski definition) is 0. The molecule has 0 aromatic heterocycles. The SMILES string of the molecule is CCCCCCCCCC.c1ccc(C2(c3ccccc3)c3ccccc3-c3ccccc32)cc1. The van der Waals surface area contributed by atoms with Crippen LogP contribution in [0.3, 0.4) is 0 Å². The van der Waals surface area contributed by atoms with E-state index in [1.54, 1.807) is 0 Å². The molecule has 0 saturated heterocycles. The summed E-state index contributed by atoms with van der Waals surface area (Å²) >= 11 is 0. The van der Waals surface area contributed by atoms with Crippen LogP contribution in [-0.2, 0) is 5.41 Å². The number of hydrogen-bond donors (Lipinski definition) is 0. The molecule has 0 N–H and O–H groups in total. The van der Waals surface area contributed by atoms with E-state index in [0.717, 1.165) is 0 Å². The molecule has 5 rings (SSSR count). The van der Waals surface area contributed by atoms with Crippen LogP contribution in [0.25, 0.3) is 11.1 Å². The van der Waals surface area contributed by atoms with Gasteiger partial charge in [0.2, 0.25) is 0 Å². The van der Waals surface area contributed by atoms with E-state index in [1.165, 1.54) is 84.7 Å². The highest BCUT2D eigenvalue weighted by molar-refractivity contribution is 5.86. The molecule has 0 heterocycles. The lowest BCUT2D eigenvalue weighted by atomic mass is 9.68. The molecule has 0 unspecified atom stereocenters. The lowest BCUT2D eigenvalue weighted by Crippen LogP contribution is -2.28. The van der Waals surface area contributed by atoms with E-state index >= 15 is 0 Å². The van der Waals surface area contributed by atoms with Crippen molar-refractivity contribution in [2.24, 2.45) is 0 Å². The second-order valence-corrected chi connectivity index (χ2v) is 9.69. The Hall–Kier alpha value is -3.12. The maximum Gasteiger partial charge on any atom is 0.0713 e. The van der Waals surface area contributed by atoms with Crippen molar-refractivity contribution in [3.8, 4) is 11.1 Å². The van der Waals surface area contributed by atoms with E-state index in [-0.39, 0.29) is 5.41 Å². The van der Waals surface area contributed by atoms with Crippen LogP contribution in [0.15, 0.2) is 109 Å². The summed E-state index contributed by atoms with van der Waals surface area (Å²) in [7, 11) is 0. The second-order valence-electron chi connectivity index (χ2n) is 9.69. The molecular weight excluding hydrogens is 420 g/mol. The van der Waals surface area contributed by atoms with Crippen LogP contribution in [0.5, 0.6) is 0 Å². The van der Waals surface area contributed by atoms with Gasteiger partial charge in [-0.2, -0.15) is 0 Å². The van der Waals surface area contributed by atoms with Crippen molar-refractivity contribution in [1.82, 2.24) is 0 Å². The normalized spacial score (nSPS) is 12.9. The molecule has 180 valence electrons. The summed E-state index contributed by atoms with van der Waals surface area (Å²) in [6, 6.07) is 39.5. The fourth-order valence-corrected chi connectivity index (χ4v) is 5.61. The minimum absolute atomic E-state index is 0.254. The van der Waals surface area contributed by atoms with Gasteiger partial charge in [-0.15, -0.1) is 0 Å². The van der Waals surface area contributed by atoms with Crippen molar-refractivity contribution < 1.29 is 0 Å². The molecule has 1 aliphatic carbocycles. The van der Waals surface area contributed by atoms with Crippen molar-refractivity contribution in [2.75, 3.05) is 0 Å². The predicted molar refractivity (Wildman–Crippen MR) is 152 cm³/mol. The van der Waals surface area contributed by atoms with Gasteiger partial charge in [-0.1, -0.05) is 174 Å². The Morgan fingerprint density at radius 3 is 1.14 bits per heavy atom. The maximum atomic E-state index is 2.29. The van der Waals surface area contributed by atoms with E-state index in [9.17, 15) is 0 Å². The minimum Gasteiger partial charge on any atom is -0.0654 e. The molecule has 0 spiro atoms. The monoisotopic (exact) mass is 460 g/mol. The molecule has 4 aromatic rings. The lowest BCUT2D eigenvalue weighted by molar-refractivity contribution is 0.585. The van der Waals surface area contributed by atoms with E-state index < -0.39 is 0 Å². The third-order valence-electron chi connectivity index (χ3n) is 7.32. The first kappa shape index (κ1) is 25.0. The zero-order valence-electron chi connectivity index (χ0n) is 21.5. The van der Waals surface area contributed by atoms with Gasteiger partial charge in [0.25, 0.3) is 0 Å². The van der Waals surface area contributed by atoms with Crippen molar-refractivity contribution in [3.05, 3.63) is 131 Å². The number of fused-ring (bicyclic) bond motifs is 3. The van der Waals surface area contributed by atoms with Crippen molar-refractivity contribution in [2.45, 2.75) is 70.6 Å². The number of unbranched alkanes of at least 4 members (excludes halogenated alkanes) is 7. The largest absolute Gasteiger partial charge is 0.0713 e. The zero-order valence-corrected chi connectivity index (χ0v) is 21.5. The molecule has 0 fully saturated rings. The Balaban J connectivity index is 0.000000248. The van der Waals surface area contributed by atoms with E-state index in [2.05, 4.69) is 123 Å². The third kappa shape index (κ3) is 5.27. The van der Waals surface area contributed by atoms with Crippen LogP contribution in [0.4, 0.5) is 0 Å². The highest BCUT2D eigenvalue weighted by Gasteiger charge is 2.45. The molecule has 0 amide bonds. The molecule has 0 atom stereocenters. The van der Waals surface area contributed by atoms with Gasteiger partial charge in [0.05, 0.1) is 5.41 Å². The highest BCUT2D eigenvalue weighted by atomic mass is 14.5. The smallest absolute Gasteiger partial charge is 0.0654 e. The zero-order chi connectivity index (χ0) is 24.3. The fraction of sp³-hybridized carbons (Fsp3) is 0.314. The molecule has 0 bridgehead atoms. The molecule has 1 aliphatic rings.